The third-order valence-corrected chi connectivity index (χ3v) is 4.53. The average Bonchev–Trinajstić information content (AvgIpc) is 2.66. The Bertz CT molecular complexity index is 887. The summed E-state index contributed by atoms with van der Waals surface area (Å²) in [5.41, 5.74) is -3.50. The van der Waals surface area contributed by atoms with Crippen LogP contribution in [0, 0.1) is 0 Å². The van der Waals surface area contributed by atoms with Gasteiger partial charge in [-0.15, -0.1) is 0 Å². The summed E-state index contributed by atoms with van der Waals surface area (Å²) < 4.78 is 81.5. The summed E-state index contributed by atoms with van der Waals surface area (Å²) >= 11 is 0. The van der Waals surface area contributed by atoms with Crippen molar-refractivity contribution in [2.45, 2.75) is 31.4 Å². The molecule has 3 nitrogen and oxygen atoms in total. The summed E-state index contributed by atoms with van der Waals surface area (Å²) in [5, 5.41) is 0. The van der Waals surface area contributed by atoms with Crippen LogP contribution in [0.3, 0.4) is 0 Å². The molecule has 1 aliphatic rings. The van der Waals surface area contributed by atoms with Crippen molar-refractivity contribution in [2.24, 2.45) is 9.98 Å². The van der Waals surface area contributed by atoms with Crippen molar-refractivity contribution in [1.82, 2.24) is 4.90 Å². The van der Waals surface area contributed by atoms with Crippen LogP contribution in [0.1, 0.15) is 18.1 Å². The van der Waals surface area contributed by atoms with Crippen LogP contribution >= 0.6 is 0 Å². The van der Waals surface area contributed by atoms with Gasteiger partial charge in [-0.1, -0.05) is 60.7 Å². The van der Waals surface area contributed by atoms with Crippen molar-refractivity contribution >= 4 is 11.7 Å². The summed E-state index contributed by atoms with van der Waals surface area (Å²) in [4.78, 5) is 7.50. The Kier molecular flexibility index (Phi) is 5.42. The van der Waals surface area contributed by atoms with Crippen LogP contribution in [0.15, 0.2) is 70.6 Å². The third kappa shape index (κ3) is 3.99. The van der Waals surface area contributed by atoms with Crippen molar-refractivity contribution < 1.29 is 26.3 Å². The molecule has 0 bridgehead atoms. The van der Waals surface area contributed by atoms with E-state index in [1.807, 2.05) is 18.2 Å². The molecule has 0 saturated carbocycles. The van der Waals surface area contributed by atoms with E-state index in [0.717, 1.165) is 12.5 Å². The zero-order valence-corrected chi connectivity index (χ0v) is 15.3. The molecule has 2 aromatic rings. The monoisotopic (exact) mass is 413 g/mol. The lowest BCUT2D eigenvalue weighted by molar-refractivity contribution is -0.293. The highest BCUT2D eigenvalue weighted by Gasteiger charge is 2.73. The molecular weight excluding hydrogens is 396 g/mol. The van der Waals surface area contributed by atoms with Crippen LogP contribution in [-0.4, -0.2) is 41.1 Å². The molecule has 0 spiro atoms. The fourth-order valence-electron chi connectivity index (χ4n) is 3.06. The Labute approximate surface area is 163 Å². The topological polar surface area (TPSA) is 28.0 Å². The number of amidine groups is 2. The zero-order valence-electron chi connectivity index (χ0n) is 15.3. The maximum atomic E-state index is 13.6. The lowest BCUT2D eigenvalue weighted by Crippen LogP contribution is -2.59. The van der Waals surface area contributed by atoms with Gasteiger partial charge in [0.15, 0.2) is 0 Å². The normalized spacial score (nSPS) is 17.0. The van der Waals surface area contributed by atoms with Gasteiger partial charge in [0.25, 0.3) is 0 Å². The summed E-state index contributed by atoms with van der Waals surface area (Å²) in [6.45, 7) is 1.26. The smallest absolute Gasteiger partial charge is 0.314 e. The standard InChI is InChI=1S/C20H17F6N3/c1-14-27-18(19(21,22)23,20(24,25)26)28-17(16-10-6-3-7-11-16)29(14)13-12-15-8-4-2-5-9-15/h2-11H,12-13H2,1H3. The van der Waals surface area contributed by atoms with Crippen LogP contribution in [0.5, 0.6) is 0 Å². The summed E-state index contributed by atoms with van der Waals surface area (Å²) in [7, 11) is 0. The molecule has 154 valence electrons. The van der Waals surface area contributed by atoms with Gasteiger partial charge in [-0.2, -0.15) is 26.3 Å². The van der Waals surface area contributed by atoms with E-state index in [9.17, 15) is 26.3 Å². The summed E-state index contributed by atoms with van der Waals surface area (Å²) in [6.07, 6.45) is -11.1. The fraction of sp³-hybridized carbons (Fsp3) is 0.300. The second kappa shape index (κ2) is 7.53. The van der Waals surface area contributed by atoms with Crippen LogP contribution in [-0.2, 0) is 6.42 Å². The SMILES string of the molecule is CC1=NC(C(F)(F)F)(C(F)(F)F)N=C(c2ccccc2)N1CCc1ccccc1. The van der Waals surface area contributed by atoms with Gasteiger partial charge in [-0.25, -0.2) is 9.98 Å². The van der Waals surface area contributed by atoms with Crippen molar-refractivity contribution in [3.05, 3.63) is 71.8 Å². The Morgan fingerprint density at radius 3 is 1.83 bits per heavy atom. The number of nitrogens with zero attached hydrogens (tertiary/aromatic N) is 3. The number of halogens is 6. The molecule has 0 fully saturated rings. The van der Waals surface area contributed by atoms with Crippen molar-refractivity contribution in [2.75, 3.05) is 6.54 Å². The highest BCUT2D eigenvalue weighted by atomic mass is 19.4. The van der Waals surface area contributed by atoms with Crippen molar-refractivity contribution in [3.63, 3.8) is 0 Å². The fourth-order valence-corrected chi connectivity index (χ4v) is 3.06. The van der Waals surface area contributed by atoms with Gasteiger partial charge in [0.2, 0.25) is 0 Å². The second-order valence-electron chi connectivity index (χ2n) is 6.52. The Hall–Kier alpha value is -2.84. The Morgan fingerprint density at radius 1 is 0.793 bits per heavy atom. The van der Waals surface area contributed by atoms with Gasteiger partial charge in [0.1, 0.15) is 11.7 Å². The van der Waals surface area contributed by atoms with E-state index in [1.54, 1.807) is 18.2 Å². The first kappa shape index (κ1) is 20.9. The molecule has 0 N–H and O–H groups in total. The van der Waals surface area contributed by atoms with E-state index in [1.165, 1.54) is 29.2 Å². The molecular formula is C20H17F6N3. The molecule has 9 heteroatoms. The number of benzene rings is 2. The lowest BCUT2D eigenvalue weighted by atomic mass is 10.1. The van der Waals surface area contributed by atoms with Crippen LogP contribution in [0.25, 0.3) is 0 Å². The third-order valence-electron chi connectivity index (χ3n) is 4.53. The predicted molar refractivity (Wildman–Crippen MR) is 97.8 cm³/mol. The summed E-state index contributed by atoms with van der Waals surface area (Å²) in [6, 6.07) is 16.6. The van der Waals surface area contributed by atoms with Crippen LogP contribution in [0.4, 0.5) is 26.3 Å². The molecule has 0 amide bonds. The quantitative estimate of drug-likeness (QED) is 0.631. The molecule has 0 atom stereocenters. The van der Waals surface area contributed by atoms with Gasteiger partial charge in [0, 0.05) is 12.1 Å². The number of rotatable bonds is 4. The Morgan fingerprint density at radius 2 is 1.31 bits per heavy atom. The van der Waals surface area contributed by atoms with E-state index in [0.29, 0.717) is 6.42 Å². The van der Waals surface area contributed by atoms with Gasteiger partial charge >= 0.3 is 18.0 Å². The highest BCUT2D eigenvalue weighted by Crippen LogP contribution is 2.49. The first-order valence-electron chi connectivity index (χ1n) is 8.72. The van der Waals surface area contributed by atoms with E-state index in [-0.39, 0.29) is 12.1 Å². The minimum Gasteiger partial charge on any atom is -0.314 e. The highest BCUT2D eigenvalue weighted by molar-refractivity contribution is 6.10. The number of hydrogen-bond acceptors (Lipinski definition) is 3. The first-order valence-corrected chi connectivity index (χ1v) is 8.72. The van der Waals surface area contributed by atoms with E-state index >= 15 is 0 Å². The van der Waals surface area contributed by atoms with E-state index in [4.69, 9.17) is 0 Å². The van der Waals surface area contributed by atoms with Crippen LogP contribution < -0.4 is 0 Å². The molecule has 0 radical (unpaired) electrons. The minimum absolute atomic E-state index is 0.124. The maximum absolute atomic E-state index is 13.6. The van der Waals surface area contributed by atoms with Gasteiger partial charge in [-0.05, 0) is 18.9 Å². The molecule has 1 aliphatic heterocycles. The van der Waals surface area contributed by atoms with E-state index < -0.39 is 29.7 Å². The van der Waals surface area contributed by atoms with Crippen molar-refractivity contribution in [3.8, 4) is 0 Å². The van der Waals surface area contributed by atoms with Gasteiger partial charge < -0.3 is 4.90 Å². The molecule has 1 heterocycles. The predicted octanol–water partition coefficient (Wildman–Crippen LogP) is 5.23. The number of hydrogen-bond donors (Lipinski definition) is 0. The largest absolute Gasteiger partial charge is 0.443 e. The molecule has 0 saturated heterocycles. The molecule has 0 aliphatic carbocycles. The molecule has 0 aromatic heterocycles. The van der Waals surface area contributed by atoms with Gasteiger partial charge in [-0.3, -0.25) is 0 Å². The Balaban J connectivity index is 2.09. The van der Waals surface area contributed by atoms with Gasteiger partial charge in [0.05, 0.1) is 0 Å². The molecule has 0 unspecified atom stereocenters. The zero-order chi connectivity index (χ0) is 21.3. The maximum Gasteiger partial charge on any atom is 0.443 e. The van der Waals surface area contributed by atoms with Crippen molar-refractivity contribution in [1.29, 1.82) is 0 Å². The number of alkyl halides is 6. The molecule has 2 aromatic carbocycles. The lowest BCUT2D eigenvalue weighted by Gasteiger charge is -2.38. The molecule has 29 heavy (non-hydrogen) atoms. The number of aliphatic imine (C=N–C) groups is 2. The van der Waals surface area contributed by atoms with E-state index in [2.05, 4.69) is 9.98 Å². The second-order valence-corrected chi connectivity index (χ2v) is 6.52. The average molecular weight is 413 g/mol. The minimum atomic E-state index is -5.74. The summed E-state index contributed by atoms with van der Waals surface area (Å²) in [5.74, 6) is -0.812. The molecule has 3 rings (SSSR count). The van der Waals surface area contributed by atoms with Crippen LogP contribution in [0.2, 0.25) is 0 Å². The first-order chi connectivity index (χ1) is 13.6.